The molecule has 0 spiro atoms. The molecule has 1 aromatic heterocycles. The van der Waals surface area contributed by atoms with Crippen LogP contribution in [0.3, 0.4) is 0 Å². The van der Waals surface area contributed by atoms with Crippen LogP contribution >= 0.6 is 34.5 Å². The lowest BCUT2D eigenvalue weighted by Crippen LogP contribution is -2.18. The molecule has 5 rings (SSSR count). The van der Waals surface area contributed by atoms with Crippen LogP contribution in [0.1, 0.15) is 42.9 Å². The first-order chi connectivity index (χ1) is 22.1. The van der Waals surface area contributed by atoms with E-state index in [2.05, 4.69) is 15.8 Å². The molecule has 1 heterocycles. The number of non-ortho nitro benzene ring substituents is 1. The summed E-state index contributed by atoms with van der Waals surface area (Å²) in [6.45, 7) is 2.03. The Labute approximate surface area is 275 Å². The number of amides is 2. The van der Waals surface area contributed by atoms with Gasteiger partial charge in [0.05, 0.1) is 22.8 Å². The van der Waals surface area contributed by atoms with Crippen molar-refractivity contribution in [2.75, 3.05) is 11.9 Å². The molecule has 0 atom stereocenters. The molecule has 0 saturated carbocycles. The zero-order valence-electron chi connectivity index (χ0n) is 23.8. The van der Waals surface area contributed by atoms with Crippen LogP contribution in [0, 0.1) is 10.1 Å². The van der Waals surface area contributed by atoms with E-state index < -0.39 is 16.8 Å². The number of esters is 1. The molecule has 46 heavy (non-hydrogen) atoms. The fourth-order valence-electron chi connectivity index (χ4n) is 4.14. The first kappa shape index (κ1) is 32.1. The molecular weight excluding hydrogens is 655 g/mol. The molecule has 14 heteroatoms. The number of nitrogens with one attached hydrogen (secondary N) is 2. The highest BCUT2D eigenvalue weighted by Gasteiger charge is 2.22. The third-order valence-electron chi connectivity index (χ3n) is 6.37. The van der Waals surface area contributed by atoms with Gasteiger partial charge in [-0.05, 0) is 85.3 Å². The van der Waals surface area contributed by atoms with Gasteiger partial charge in [-0.1, -0.05) is 23.2 Å². The summed E-state index contributed by atoms with van der Waals surface area (Å²) in [5.74, 6) is -1.18. The minimum atomic E-state index is -0.751. The number of anilines is 1. The largest absolute Gasteiger partial charge is 0.490 e. The summed E-state index contributed by atoms with van der Waals surface area (Å²) in [7, 11) is 0. The van der Waals surface area contributed by atoms with Crippen LogP contribution in [-0.2, 0) is 0 Å². The number of hydrogen-bond donors (Lipinski definition) is 2. The van der Waals surface area contributed by atoms with Gasteiger partial charge < -0.3 is 14.8 Å². The van der Waals surface area contributed by atoms with E-state index in [0.29, 0.717) is 37.5 Å². The summed E-state index contributed by atoms with van der Waals surface area (Å²) < 4.78 is 11.7. The Kier molecular flexibility index (Phi) is 9.91. The summed E-state index contributed by atoms with van der Waals surface area (Å²) in [5, 5.41) is 19.0. The summed E-state index contributed by atoms with van der Waals surface area (Å²) in [6.07, 6.45) is 1.39. The fourth-order valence-corrected chi connectivity index (χ4v) is 5.69. The Morgan fingerprint density at radius 3 is 2.30 bits per heavy atom. The van der Waals surface area contributed by atoms with Gasteiger partial charge in [0.2, 0.25) is 0 Å². The van der Waals surface area contributed by atoms with E-state index in [1.54, 1.807) is 67.6 Å². The molecule has 5 aromatic rings. The van der Waals surface area contributed by atoms with Crippen molar-refractivity contribution >= 4 is 80.0 Å². The normalized spacial score (nSPS) is 10.9. The third kappa shape index (κ3) is 7.49. The number of carbonyl (C=O) groups is 3. The lowest BCUT2D eigenvalue weighted by molar-refractivity contribution is -0.384. The Morgan fingerprint density at radius 2 is 1.61 bits per heavy atom. The number of thiophene rings is 1. The number of rotatable bonds is 10. The van der Waals surface area contributed by atoms with E-state index in [-0.39, 0.29) is 39.6 Å². The molecule has 0 aliphatic rings. The Hall–Kier alpha value is -5.30. The average Bonchev–Trinajstić information content (AvgIpc) is 3.38. The van der Waals surface area contributed by atoms with Crippen molar-refractivity contribution in [2.45, 2.75) is 6.92 Å². The lowest BCUT2D eigenvalue weighted by Gasteiger charge is -2.11. The summed E-state index contributed by atoms with van der Waals surface area (Å²) in [5.41, 5.74) is 4.11. The van der Waals surface area contributed by atoms with E-state index in [0.717, 1.165) is 11.3 Å². The third-order valence-corrected chi connectivity index (χ3v) is 8.26. The van der Waals surface area contributed by atoms with Crippen LogP contribution < -0.4 is 20.2 Å². The molecule has 232 valence electrons. The van der Waals surface area contributed by atoms with Crippen molar-refractivity contribution in [3.05, 3.63) is 127 Å². The maximum atomic E-state index is 13.0. The standard InChI is InChI=1S/C32H22Cl2N4O7S/c1-2-44-26-15-18(3-14-25(26)45-32(41)29-28(34)24-13-12-23(38(42)43)16-27(24)46-29)17-35-37-31(40)20-6-10-22(11-7-20)36-30(39)19-4-8-21(33)9-5-19/h3-17H,2H2,1H3,(H,36,39)(H,37,40)/b35-17-. The topological polar surface area (TPSA) is 149 Å². The number of nitro benzene ring substituents is 1. The zero-order chi connectivity index (χ0) is 32.8. The molecule has 2 N–H and O–H groups in total. The average molecular weight is 678 g/mol. The minimum Gasteiger partial charge on any atom is -0.490 e. The van der Waals surface area contributed by atoms with Gasteiger partial charge in [-0.3, -0.25) is 19.7 Å². The summed E-state index contributed by atoms with van der Waals surface area (Å²) in [6, 6.07) is 21.6. The predicted octanol–water partition coefficient (Wildman–Crippen LogP) is 7.75. The number of fused-ring (bicyclic) bond motifs is 1. The fraction of sp³-hybridized carbons (Fsp3) is 0.0625. The smallest absolute Gasteiger partial charge is 0.355 e. The van der Waals surface area contributed by atoms with E-state index >= 15 is 0 Å². The van der Waals surface area contributed by atoms with E-state index in [4.69, 9.17) is 32.7 Å². The molecular formula is C32H22Cl2N4O7S. The quantitative estimate of drug-likeness (QED) is 0.0505. The molecule has 0 aliphatic carbocycles. The molecule has 0 fully saturated rings. The van der Waals surface area contributed by atoms with Gasteiger partial charge in [-0.25, -0.2) is 10.2 Å². The number of carbonyl (C=O) groups excluding carboxylic acids is 3. The number of halogens is 2. The molecule has 0 aliphatic heterocycles. The van der Waals surface area contributed by atoms with Crippen LogP contribution in [0.4, 0.5) is 11.4 Å². The number of nitro groups is 1. The molecule has 0 radical (unpaired) electrons. The van der Waals surface area contributed by atoms with Gasteiger partial charge in [-0.2, -0.15) is 5.10 Å². The number of nitrogens with zero attached hydrogens (tertiary/aromatic N) is 2. The first-order valence-corrected chi connectivity index (χ1v) is 15.1. The summed E-state index contributed by atoms with van der Waals surface area (Å²) >= 11 is 13.2. The zero-order valence-corrected chi connectivity index (χ0v) is 26.1. The monoisotopic (exact) mass is 676 g/mol. The maximum absolute atomic E-state index is 13.0. The molecule has 4 aromatic carbocycles. The summed E-state index contributed by atoms with van der Waals surface area (Å²) in [4.78, 5) is 48.7. The minimum absolute atomic E-state index is 0.0879. The van der Waals surface area contributed by atoms with Crippen molar-refractivity contribution in [3.8, 4) is 11.5 Å². The van der Waals surface area contributed by atoms with Crippen molar-refractivity contribution in [2.24, 2.45) is 5.10 Å². The molecule has 0 unspecified atom stereocenters. The van der Waals surface area contributed by atoms with Crippen molar-refractivity contribution in [3.63, 3.8) is 0 Å². The second kappa shape index (κ2) is 14.2. The first-order valence-electron chi connectivity index (χ1n) is 13.5. The number of hydrogen-bond acceptors (Lipinski definition) is 9. The highest BCUT2D eigenvalue weighted by atomic mass is 35.5. The van der Waals surface area contributed by atoms with Gasteiger partial charge in [0.15, 0.2) is 11.5 Å². The van der Waals surface area contributed by atoms with Crippen LogP contribution in [0.25, 0.3) is 10.1 Å². The van der Waals surface area contributed by atoms with Crippen LogP contribution in [0.15, 0.2) is 90.0 Å². The highest BCUT2D eigenvalue weighted by molar-refractivity contribution is 7.21. The van der Waals surface area contributed by atoms with Crippen molar-refractivity contribution < 1.29 is 28.8 Å². The van der Waals surface area contributed by atoms with E-state index in [9.17, 15) is 24.5 Å². The van der Waals surface area contributed by atoms with Crippen molar-refractivity contribution in [1.29, 1.82) is 0 Å². The van der Waals surface area contributed by atoms with Gasteiger partial charge in [0.1, 0.15) is 4.88 Å². The van der Waals surface area contributed by atoms with Crippen LogP contribution in [0.2, 0.25) is 10.0 Å². The van der Waals surface area contributed by atoms with Crippen molar-refractivity contribution in [1.82, 2.24) is 5.43 Å². The lowest BCUT2D eigenvalue weighted by atomic mass is 10.1. The number of hydrazone groups is 1. The van der Waals surface area contributed by atoms with Gasteiger partial charge in [-0.15, -0.1) is 11.3 Å². The Morgan fingerprint density at radius 1 is 0.913 bits per heavy atom. The maximum Gasteiger partial charge on any atom is 0.355 e. The van der Waals surface area contributed by atoms with Gasteiger partial charge >= 0.3 is 5.97 Å². The highest BCUT2D eigenvalue weighted by Crippen LogP contribution is 2.38. The second-order valence-corrected chi connectivity index (χ2v) is 11.3. The van der Waals surface area contributed by atoms with Gasteiger partial charge in [0.25, 0.3) is 17.5 Å². The predicted molar refractivity (Wildman–Crippen MR) is 177 cm³/mol. The van der Waals surface area contributed by atoms with E-state index in [1.807, 2.05) is 0 Å². The van der Waals surface area contributed by atoms with Crippen LogP contribution in [-0.4, -0.2) is 35.5 Å². The SMILES string of the molecule is CCOc1cc(/C=N\NC(=O)c2ccc(NC(=O)c3ccc(Cl)cc3)cc2)ccc1OC(=O)c1sc2cc([N+](=O)[O-])ccc2c1Cl. The molecule has 2 amide bonds. The molecule has 11 nitrogen and oxygen atoms in total. The van der Waals surface area contributed by atoms with E-state index in [1.165, 1.54) is 30.5 Å². The van der Waals surface area contributed by atoms with Crippen LogP contribution in [0.5, 0.6) is 11.5 Å². The van der Waals surface area contributed by atoms with Gasteiger partial charge in [0, 0.05) is 44.1 Å². The second-order valence-electron chi connectivity index (χ2n) is 9.45. The number of ether oxygens (including phenoxy) is 2. The molecule has 0 bridgehead atoms. The molecule has 0 saturated heterocycles. The Bertz CT molecular complexity index is 1990. The number of benzene rings is 4. The Balaban J connectivity index is 1.22.